The van der Waals surface area contributed by atoms with Gasteiger partial charge >= 0.3 is 0 Å². The van der Waals surface area contributed by atoms with E-state index in [1.54, 1.807) is 36.4 Å². The Labute approximate surface area is 116 Å². The van der Waals surface area contributed by atoms with Gasteiger partial charge in [0, 0.05) is 11.1 Å². The number of benzene rings is 2. The van der Waals surface area contributed by atoms with E-state index >= 15 is 0 Å². The summed E-state index contributed by atoms with van der Waals surface area (Å²) >= 11 is 5.72. The quantitative estimate of drug-likeness (QED) is 0.582. The zero-order valence-corrected chi connectivity index (χ0v) is 11.1. The van der Waals surface area contributed by atoms with Crippen molar-refractivity contribution in [2.24, 2.45) is 0 Å². The molecule has 0 amide bonds. The normalized spacial score (nSPS) is 10.9. The molecule has 0 atom stereocenters. The zero-order valence-electron chi connectivity index (χ0n) is 10.4. The average molecular weight is 275 g/mol. The van der Waals surface area contributed by atoms with Crippen molar-refractivity contribution < 1.29 is 9.18 Å². The molecule has 3 heteroatoms. The molecule has 0 bridgehead atoms. The Morgan fingerprint density at radius 2 is 1.84 bits per heavy atom. The highest BCUT2D eigenvalue weighted by Gasteiger charge is 2.03. The number of aryl methyl sites for hydroxylation is 1. The topological polar surface area (TPSA) is 17.1 Å². The molecule has 0 aliphatic heterocycles. The van der Waals surface area contributed by atoms with Crippen LogP contribution >= 0.6 is 11.6 Å². The van der Waals surface area contributed by atoms with E-state index in [0.717, 1.165) is 17.4 Å². The van der Waals surface area contributed by atoms with E-state index in [2.05, 4.69) is 0 Å². The molecule has 0 aromatic heterocycles. The van der Waals surface area contributed by atoms with Gasteiger partial charge in [-0.1, -0.05) is 48.0 Å². The summed E-state index contributed by atoms with van der Waals surface area (Å²) in [6, 6.07) is 10.2. The Kier molecular flexibility index (Phi) is 4.13. The molecule has 96 valence electrons. The average Bonchev–Trinajstić information content (AvgIpc) is 2.42. The molecule has 0 spiro atoms. The molecule has 2 rings (SSSR count). The largest absolute Gasteiger partial charge is 0.298 e. The zero-order chi connectivity index (χ0) is 13.8. The van der Waals surface area contributed by atoms with Crippen LogP contribution in [0.15, 0.2) is 36.4 Å². The van der Waals surface area contributed by atoms with Crippen LogP contribution in [0.5, 0.6) is 0 Å². The van der Waals surface area contributed by atoms with Gasteiger partial charge in [0.2, 0.25) is 0 Å². The van der Waals surface area contributed by atoms with Crippen molar-refractivity contribution in [3.05, 3.63) is 69.5 Å². The summed E-state index contributed by atoms with van der Waals surface area (Å²) in [5, 5.41) is 0.0977. The third-order valence-corrected chi connectivity index (χ3v) is 3.16. The molecule has 0 saturated carbocycles. The van der Waals surface area contributed by atoms with Crippen LogP contribution in [-0.4, -0.2) is 6.29 Å². The van der Waals surface area contributed by atoms with E-state index in [9.17, 15) is 9.18 Å². The Balaban J connectivity index is 2.37. The van der Waals surface area contributed by atoms with Crippen LogP contribution in [0.2, 0.25) is 5.02 Å². The molecule has 2 aromatic rings. The van der Waals surface area contributed by atoms with E-state index in [0.29, 0.717) is 11.1 Å². The second kappa shape index (κ2) is 5.81. The lowest BCUT2D eigenvalue weighted by Gasteiger charge is -2.02. The molecule has 2 aromatic carbocycles. The number of aldehydes is 1. The minimum absolute atomic E-state index is 0.0977. The first-order valence-corrected chi connectivity index (χ1v) is 6.17. The van der Waals surface area contributed by atoms with Gasteiger partial charge in [0.15, 0.2) is 0 Å². The van der Waals surface area contributed by atoms with Gasteiger partial charge in [-0.05, 0) is 30.2 Å². The Morgan fingerprint density at radius 3 is 2.58 bits per heavy atom. The number of carbonyl (C=O) groups is 1. The smallest absolute Gasteiger partial charge is 0.150 e. The minimum atomic E-state index is -0.440. The van der Waals surface area contributed by atoms with Gasteiger partial charge in [-0.15, -0.1) is 0 Å². The Morgan fingerprint density at radius 1 is 1.11 bits per heavy atom. The fourth-order valence-electron chi connectivity index (χ4n) is 1.74. The van der Waals surface area contributed by atoms with Crippen LogP contribution in [-0.2, 0) is 0 Å². The Bertz CT molecular complexity index is 647. The van der Waals surface area contributed by atoms with Crippen LogP contribution in [0.1, 0.15) is 27.0 Å². The van der Waals surface area contributed by atoms with Crippen molar-refractivity contribution in [3.63, 3.8) is 0 Å². The highest BCUT2D eigenvalue weighted by Crippen LogP contribution is 2.20. The van der Waals surface area contributed by atoms with Crippen molar-refractivity contribution in [1.29, 1.82) is 0 Å². The monoisotopic (exact) mass is 274 g/mol. The summed E-state index contributed by atoms with van der Waals surface area (Å²) in [6.07, 6.45) is 4.21. The summed E-state index contributed by atoms with van der Waals surface area (Å²) in [6.45, 7) is 1.93. The molecule has 0 fully saturated rings. The number of hydrogen-bond acceptors (Lipinski definition) is 1. The van der Waals surface area contributed by atoms with Crippen LogP contribution in [0.3, 0.4) is 0 Å². The molecule has 0 heterocycles. The summed E-state index contributed by atoms with van der Waals surface area (Å²) in [5.74, 6) is -0.440. The lowest BCUT2D eigenvalue weighted by Crippen LogP contribution is -1.86. The second-order valence-corrected chi connectivity index (χ2v) is 4.62. The first-order chi connectivity index (χ1) is 9.11. The van der Waals surface area contributed by atoms with Gasteiger partial charge in [0.05, 0.1) is 5.02 Å². The van der Waals surface area contributed by atoms with Crippen LogP contribution in [0, 0.1) is 12.7 Å². The molecule has 0 aliphatic carbocycles. The van der Waals surface area contributed by atoms with Crippen LogP contribution < -0.4 is 0 Å². The lowest BCUT2D eigenvalue weighted by atomic mass is 10.0. The summed E-state index contributed by atoms with van der Waals surface area (Å²) in [4.78, 5) is 10.7. The maximum absolute atomic E-state index is 13.7. The molecule has 0 saturated heterocycles. The maximum atomic E-state index is 13.7. The standard InChI is InChI=1S/C16H12ClFO/c1-11-5-6-12(10-19)9-14(11)8-7-13-3-2-4-15(17)16(13)18/h2-10H,1H3/b8-7+. The summed E-state index contributed by atoms with van der Waals surface area (Å²) in [5.41, 5.74) is 2.91. The predicted molar refractivity (Wildman–Crippen MR) is 76.9 cm³/mol. The fourth-order valence-corrected chi connectivity index (χ4v) is 1.92. The van der Waals surface area contributed by atoms with Crippen molar-refractivity contribution >= 4 is 30.0 Å². The predicted octanol–water partition coefficient (Wildman–Crippen LogP) is 4.77. The van der Waals surface area contributed by atoms with Gasteiger partial charge in [-0.2, -0.15) is 0 Å². The van der Waals surface area contributed by atoms with Crippen molar-refractivity contribution in [2.45, 2.75) is 6.92 Å². The van der Waals surface area contributed by atoms with Gasteiger partial charge < -0.3 is 0 Å². The summed E-state index contributed by atoms with van der Waals surface area (Å²) < 4.78 is 13.7. The molecule has 0 radical (unpaired) electrons. The maximum Gasteiger partial charge on any atom is 0.150 e. The van der Waals surface area contributed by atoms with E-state index in [-0.39, 0.29) is 5.02 Å². The van der Waals surface area contributed by atoms with Gasteiger partial charge in [-0.3, -0.25) is 4.79 Å². The first-order valence-electron chi connectivity index (χ1n) is 5.80. The molecular weight excluding hydrogens is 263 g/mol. The Hall–Kier alpha value is -1.93. The number of halogens is 2. The van der Waals surface area contributed by atoms with Crippen molar-refractivity contribution in [1.82, 2.24) is 0 Å². The molecular formula is C16H12ClFO. The number of carbonyl (C=O) groups excluding carboxylic acids is 1. The first kappa shape index (κ1) is 13.5. The SMILES string of the molecule is Cc1ccc(C=O)cc1/C=C/c1cccc(Cl)c1F. The fraction of sp³-hybridized carbons (Fsp3) is 0.0625. The van der Waals surface area contributed by atoms with E-state index < -0.39 is 5.82 Å². The van der Waals surface area contributed by atoms with Gasteiger partial charge in [0.25, 0.3) is 0 Å². The molecule has 1 nitrogen and oxygen atoms in total. The molecule has 0 unspecified atom stereocenters. The second-order valence-electron chi connectivity index (χ2n) is 4.21. The molecule has 0 aliphatic rings. The minimum Gasteiger partial charge on any atom is -0.298 e. The number of hydrogen-bond donors (Lipinski definition) is 0. The highest BCUT2D eigenvalue weighted by atomic mass is 35.5. The molecule has 19 heavy (non-hydrogen) atoms. The highest BCUT2D eigenvalue weighted by molar-refractivity contribution is 6.30. The van der Waals surface area contributed by atoms with Crippen molar-refractivity contribution in [3.8, 4) is 0 Å². The van der Waals surface area contributed by atoms with E-state index in [1.807, 2.05) is 13.0 Å². The number of rotatable bonds is 3. The third kappa shape index (κ3) is 3.09. The van der Waals surface area contributed by atoms with E-state index in [4.69, 9.17) is 11.6 Å². The summed E-state index contributed by atoms with van der Waals surface area (Å²) in [7, 11) is 0. The van der Waals surface area contributed by atoms with E-state index in [1.165, 1.54) is 6.07 Å². The lowest BCUT2D eigenvalue weighted by molar-refractivity contribution is 0.112. The van der Waals surface area contributed by atoms with Crippen LogP contribution in [0.4, 0.5) is 4.39 Å². The molecule has 0 N–H and O–H groups in total. The van der Waals surface area contributed by atoms with Crippen LogP contribution in [0.25, 0.3) is 12.2 Å². The third-order valence-electron chi connectivity index (χ3n) is 2.86. The van der Waals surface area contributed by atoms with Gasteiger partial charge in [0.1, 0.15) is 12.1 Å². The van der Waals surface area contributed by atoms with Crippen molar-refractivity contribution in [2.75, 3.05) is 0 Å². The van der Waals surface area contributed by atoms with Gasteiger partial charge in [-0.25, -0.2) is 4.39 Å².